The van der Waals surface area contributed by atoms with Crippen molar-refractivity contribution in [3.05, 3.63) is 0 Å². The molecule has 0 aromatic carbocycles. The lowest BCUT2D eigenvalue weighted by molar-refractivity contribution is -0.127. The lowest BCUT2D eigenvalue weighted by atomic mass is 9.88. The predicted molar refractivity (Wildman–Crippen MR) is 63.9 cm³/mol. The molecule has 1 aliphatic heterocycles. The molecule has 1 amide bonds. The second-order valence-electron chi connectivity index (χ2n) is 4.78. The van der Waals surface area contributed by atoms with E-state index in [2.05, 4.69) is 12.2 Å². The van der Waals surface area contributed by atoms with Crippen LogP contribution in [0.25, 0.3) is 0 Å². The number of rotatable bonds is 4. The highest BCUT2D eigenvalue weighted by molar-refractivity contribution is 5.80. The number of nitrogens with two attached hydrogens (primary N) is 1. The average molecular weight is 228 g/mol. The number of amides is 1. The lowest BCUT2D eigenvalue weighted by Crippen LogP contribution is -2.45. The van der Waals surface area contributed by atoms with Crippen LogP contribution >= 0.6 is 0 Å². The first-order valence-electron chi connectivity index (χ1n) is 6.17. The van der Waals surface area contributed by atoms with Gasteiger partial charge in [-0.15, -0.1) is 0 Å². The van der Waals surface area contributed by atoms with Crippen LogP contribution < -0.4 is 11.1 Å². The summed E-state index contributed by atoms with van der Waals surface area (Å²) in [5.41, 5.74) is 5.58. The third kappa shape index (κ3) is 2.74. The number of hydrogen-bond acceptors (Lipinski definition) is 3. The summed E-state index contributed by atoms with van der Waals surface area (Å²) in [6.07, 6.45) is 1.03. The Kier molecular flexibility index (Phi) is 4.74. The highest BCUT2D eigenvalue weighted by Crippen LogP contribution is 2.32. The van der Waals surface area contributed by atoms with Crippen molar-refractivity contribution in [1.82, 2.24) is 5.32 Å². The molecule has 4 heteroatoms. The monoisotopic (exact) mass is 228 g/mol. The Hall–Kier alpha value is -0.610. The van der Waals surface area contributed by atoms with Crippen molar-refractivity contribution in [3.8, 4) is 0 Å². The fraction of sp³-hybridized carbons (Fsp3) is 0.917. The summed E-state index contributed by atoms with van der Waals surface area (Å²) in [7, 11) is 0. The summed E-state index contributed by atoms with van der Waals surface area (Å²) in [6, 6.07) is 0.0859. The molecule has 1 fully saturated rings. The van der Waals surface area contributed by atoms with Gasteiger partial charge in [-0.05, 0) is 26.2 Å². The first-order valence-corrected chi connectivity index (χ1v) is 6.17. The number of ether oxygens (including phenoxy) is 1. The van der Waals surface area contributed by atoms with Gasteiger partial charge in [0, 0.05) is 12.6 Å². The van der Waals surface area contributed by atoms with E-state index in [0.29, 0.717) is 6.54 Å². The van der Waals surface area contributed by atoms with Crippen molar-refractivity contribution < 1.29 is 9.53 Å². The molecule has 5 atom stereocenters. The van der Waals surface area contributed by atoms with Gasteiger partial charge in [-0.2, -0.15) is 0 Å². The molecule has 0 aromatic heterocycles. The van der Waals surface area contributed by atoms with E-state index in [1.807, 2.05) is 20.8 Å². The minimum Gasteiger partial charge on any atom is -0.374 e. The Morgan fingerprint density at radius 2 is 2.00 bits per heavy atom. The number of nitrogens with one attached hydrogen (secondary N) is 1. The van der Waals surface area contributed by atoms with Gasteiger partial charge < -0.3 is 15.8 Å². The van der Waals surface area contributed by atoms with Crippen LogP contribution in [0.1, 0.15) is 34.1 Å². The van der Waals surface area contributed by atoms with Crippen molar-refractivity contribution in [3.63, 3.8) is 0 Å². The van der Waals surface area contributed by atoms with E-state index in [0.717, 1.165) is 6.42 Å². The van der Waals surface area contributed by atoms with E-state index >= 15 is 0 Å². The molecule has 0 spiro atoms. The molecule has 0 aromatic rings. The van der Waals surface area contributed by atoms with E-state index in [1.54, 1.807) is 0 Å². The van der Waals surface area contributed by atoms with Crippen LogP contribution in [0.2, 0.25) is 0 Å². The molecule has 1 saturated heterocycles. The Labute approximate surface area is 97.9 Å². The predicted octanol–water partition coefficient (Wildman–Crippen LogP) is 0.899. The molecule has 0 aliphatic carbocycles. The van der Waals surface area contributed by atoms with Gasteiger partial charge in [-0.3, -0.25) is 4.79 Å². The largest absolute Gasteiger partial charge is 0.374 e. The molecular formula is C12H24N2O2. The zero-order valence-corrected chi connectivity index (χ0v) is 10.7. The quantitative estimate of drug-likeness (QED) is 0.751. The van der Waals surface area contributed by atoms with Gasteiger partial charge in [0.15, 0.2) is 0 Å². The maximum Gasteiger partial charge on any atom is 0.226 e. The van der Waals surface area contributed by atoms with Crippen LogP contribution in [0, 0.1) is 11.8 Å². The second kappa shape index (κ2) is 5.64. The standard InChI is InChI=1S/C12H24N2O2/c1-5-10(6-13)14-12(15)11-7(2)8(3)16-9(11)4/h7-11H,5-6,13H2,1-4H3,(H,14,15). The number of carbonyl (C=O) groups is 1. The zero-order chi connectivity index (χ0) is 12.3. The highest BCUT2D eigenvalue weighted by atomic mass is 16.5. The van der Waals surface area contributed by atoms with Crippen molar-refractivity contribution >= 4 is 5.91 Å². The van der Waals surface area contributed by atoms with E-state index in [1.165, 1.54) is 0 Å². The first kappa shape index (κ1) is 13.5. The summed E-state index contributed by atoms with van der Waals surface area (Å²) < 4.78 is 5.66. The summed E-state index contributed by atoms with van der Waals surface area (Å²) in [6.45, 7) is 8.58. The Balaban J connectivity index is 2.59. The maximum absolute atomic E-state index is 12.1. The Morgan fingerprint density at radius 3 is 2.38 bits per heavy atom. The molecule has 1 heterocycles. The van der Waals surface area contributed by atoms with E-state index in [9.17, 15) is 4.79 Å². The van der Waals surface area contributed by atoms with Crippen molar-refractivity contribution in [2.45, 2.75) is 52.4 Å². The summed E-state index contributed by atoms with van der Waals surface area (Å²) in [4.78, 5) is 12.1. The van der Waals surface area contributed by atoms with Crippen molar-refractivity contribution in [2.75, 3.05) is 6.54 Å². The topological polar surface area (TPSA) is 64.3 Å². The molecule has 5 unspecified atom stereocenters. The van der Waals surface area contributed by atoms with Crippen molar-refractivity contribution in [2.24, 2.45) is 17.6 Å². The van der Waals surface area contributed by atoms with Crippen LogP contribution in [0.3, 0.4) is 0 Å². The summed E-state index contributed by atoms with van der Waals surface area (Å²) in [5, 5.41) is 3.00. The van der Waals surface area contributed by atoms with Gasteiger partial charge in [-0.1, -0.05) is 13.8 Å². The van der Waals surface area contributed by atoms with E-state index < -0.39 is 0 Å². The fourth-order valence-electron chi connectivity index (χ4n) is 2.34. The molecular weight excluding hydrogens is 204 g/mol. The second-order valence-corrected chi connectivity index (χ2v) is 4.78. The fourth-order valence-corrected chi connectivity index (χ4v) is 2.34. The smallest absolute Gasteiger partial charge is 0.226 e. The molecule has 1 rings (SSSR count). The van der Waals surface area contributed by atoms with Crippen LogP contribution in [0.5, 0.6) is 0 Å². The molecule has 3 N–H and O–H groups in total. The normalized spacial score (nSPS) is 36.1. The summed E-state index contributed by atoms with van der Waals surface area (Å²) >= 11 is 0. The average Bonchev–Trinajstić information content (AvgIpc) is 2.49. The Morgan fingerprint density at radius 1 is 1.38 bits per heavy atom. The van der Waals surface area contributed by atoms with Crippen LogP contribution in [-0.2, 0) is 9.53 Å². The lowest BCUT2D eigenvalue weighted by Gasteiger charge is -2.22. The molecule has 1 aliphatic rings. The minimum absolute atomic E-state index is 0.000260. The zero-order valence-electron chi connectivity index (χ0n) is 10.7. The van der Waals surface area contributed by atoms with Crippen LogP contribution in [0.15, 0.2) is 0 Å². The van der Waals surface area contributed by atoms with Gasteiger partial charge in [0.1, 0.15) is 0 Å². The maximum atomic E-state index is 12.1. The van der Waals surface area contributed by atoms with Gasteiger partial charge >= 0.3 is 0 Å². The highest BCUT2D eigenvalue weighted by Gasteiger charge is 2.41. The number of hydrogen-bond donors (Lipinski definition) is 2. The van der Waals surface area contributed by atoms with Crippen LogP contribution in [0.4, 0.5) is 0 Å². The third-order valence-electron chi connectivity index (χ3n) is 3.67. The number of carbonyl (C=O) groups excluding carboxylic acids is 1. The van der Waals surface area contributed by atoms with Gasteiger partial charge in [0.05, 0.1) is 18.1 Å². The third-order valence-corrected chi connectivity index (χ3v) is 3.67. The van der Waals surface area contributed by atoms with Gasteiger partial charge in [0.25, 0.3) is 0 Å². The molecule has 16 heavy (non-hydrogen) atoms. The van der Waals surface area contributed by atoms with Crippen molar-refractivity contribution in [1.29, 1.82) is 0 Å². The molecule has 0 saturated carbocycles. The first-order chi connectivity index (χ1) is 7.51. The molecule has 4 nitrogen and oxygen atoms in total. The molecule has 0 bridgehead atoms. The minimum atomic E-state index is -0.0457. The molecule has 0 radical (unpaired) electrons. The van der Waals surface area contributed by atoms with Gasteiger partial charge in [-0.25, -0.2) is 0 Å². The van der Waals surface area contributed by atoms with E-state index in [4.69, 9.17) is 10.5 Å². The Bertz CT molecular complexity index is 241. The SMILES string of the molecule is CCC(CN)NC(=O)C1C(C)OC(C)C1C. The summed E-state index contributed by atoms with van der Waals surface area (Å²) in [5.74, 6) is 0.308. The van der Waals surface area contributed by atoms with Crippen LogP contribution in [-0.4, -0.2) is 30.7 Å². The van der Waals surface area contributed by atoms with E-state index in [-0.39, 0.29) is 36.0 Å². The molecule has 94 valence electrons. The van der Waals surface area contributed by atoms with Gasteiger partial charge in [0.2, 0.25) is 5.91 Å².